The average molecular weight is 525 g/mol. The summed E-state index contributed by atoms with van der Waals surface area (Å²) in [5.41, 5.74) is 17.6. The third-order valence-electron chi connectivity index (χ3n) is 6.12. The van der Waals surface area contributed by atoms with Crippen molar-refractivity contribution < 1.29 is 8.78 Å². The second kappa shape index (κ2) is 13.9. The first-order valence-corrected chi connectivity index (χ1v) is 12.6. The van der Waals surface area contributed by atoms with Gasteiger partial charge in [0, 0.05) is 61.5 Å². The summed E-state index contributed by atoms with van der Waals surface area (Å²) < 4.78 is 27.8. The summed E-state index contributed by atoms with van der Waals surface area (Å²) >= 11 is 0. The maximum atomic E-state index is 13.9. The van der Waals surface area contributed by atoms with E-state index < -0.39 is 0 Å². The Labute approximate surface area is 223 Å². The maximum Gasteiger partial charge on any atom is 0.132 e. The fourth-order valence-electron chi connectivity index (χ4n) is 4.17. The van der Waals surface area contributed by atoms with E-state index in [2.05, 4.69) is 30.2 Å². The van der Waals surface area contributed by atoms with E-state index >= 15 is 0 Å². The zero-order valence-electron chi connectivity index (χ0n) is 22.6. The number of aromatic nitrogens is 4. The highest BCUT2D eigenvalue weighted by Gasteiger charge is 2.15. The van der Waals surface area contributed by atoms with E-state index in [0.29, 0.717) is 37.3 Å². The summed E-state index contributed by atoms with van der Waals surface area (Å²) in [6, 6.07) is 10.1. The van der Waals surface area contributed by atoms with Crippen molar-refractivity contribution in [3.8, 4) is 22.5 Å². The van der Waals surface area contributed by atoms with Crippen LogP contribution in [0.15, 0.2) is 48.8 Å². The van der Waals surface area contributed by atoms with E-state index in [1.54, 1.807) is 24.5 Å². The Morgan fingerprint density at radius 3 is 1.47 bits per heavy atom. The monoisotopic (exact) mass is 524 g/mol. The van der Waals surface area contributed by atoms with Crippen LogP contribution < -0.4 is 11.5 Å². The third kappa shape index (κ3) is 7.78. The molecular formula is C28H38F2N8. The lowest BCUT2D eigenvalue weighted by Crippen LogP contribution is -2.25. The Hall–Kier alpha value is -3.44. The number of nitrogens with two attached hydrogens (primary N) is 2. The lowest BCUT2D eigenvalue weighted by molar-refractivity contribution is 0.337. The van der Waals surface area contributed by atoms with Crippen LogP contribution >= 0.6 is 0 Å². The molecule has 10 heteroatoms. The molecule has 4 aromatic rings. The van der Waals surface area contributed by atoms with Gasteiger partial charge in [-0.15, -0.1) is 0 Å². The standard InChI is InChI=1S/2C14H19FN4/c2*1-10-3-4-13(15)12(7-10)14-11(8-17-18-14)9-19(2)6-5-16/h2*3-4,7-8H,5-6,9,16H2,1-2H3,(H,17,18). The topological polar surface area (TPSA) is 116 Å². The van der Waals surface area contributed by atoms with Crippen LogP contribution in [0.1, 0.15) is 22.3 Å². The van der Waals surface area contributed by atoms with Gasteiger partial charge in [0.1, 0.15) is 11.6 Å². The zero-order valence-corrected chi connectivity index (χ0v) is 22.6. The molecule has 2 aromatic heterocycles. The predicted molar refractivity (Wildman–Crippen MR) is 148 cm³/mol. The number of hydrogen-bond donors (Lipinski definition) is 4. The first-order chi connectivity index (χ1) is 18.2. The molecular weight excluding hydrogens is 486 g/mol. The summed E-state index contributed by atoms with van der Waals surface area (Å²) in [5.74, 6) is -0.477. The van der Waals surface area contributed by atoms with Gasteiger partial charge in [0.2, 0.25) is 0 Å². The molecule has 2 aromatic carbocycles. The molecule has 0 bridgehead atoms. The number of hydrogen-bond acceptors (Lipinski definition) is 6. The quantitative estimate of drug-likeness (QED) is 0.251. The Morgan fingerprint density at radius 2 is 1.11 bits per heavy atom. The van der Waals surface area contributed by atoms with Crippen LogP contribution in [-0.2, 0) is 13.1 Å². The van der Waals surface area contributed by atoms with Crippen molar-refractivity contribution in [1.29, 1.82) is 0 Å². The molecule has 0 aliphatic carbocycles. The van der Waals surface area contributed by atoms with Crippen molar-refractivity contribution in [2.75, 3.05) is 40.3 Å². The highest BCUT2D eigenvalue weighted by Crippen LogP contribution is 2.27. The van der Waals surface area contributed by atoms with Gasteiger partial charge >= 0.3 is 0 Å². The predicted octanol–water partition coefficient (Wildman–Crippen LogP) is 3.83. The molecule has 2 heterocycles. The Kier molecular flexibility index (Phi) is 10.7. The fourth-order valence-corrected chi connectivity index (χ4v) is 4.17. The van der Waals surface area contributed by atoms with Crippen LogP contribution in [-0.4, -0.2) is 70.5 Å². The van der Waals surface area contributed by atoms with E-state index in [9.17, 15) is 8.78 Å². The van der Waals surface area contributed by atoms with Crippen molar-refractivity contribution in [2.24, 2.45) is 11.5 Å². The normalized spacial score (nSPS) is 11.2. The molecule has 4 rings (SSSR count). The van der Waals surface area contributed by atoms with Crippen LogP contribution in [0, 0.1) is 25.5 Å². The molecule has 0 atom stereocenters. The first-order valence-electron chi connectivity index (χ1n) is 12.6. The van der Waals surface area contributed by atoms with Crippen molar-refractivity contribution in [1.82, 2.24) is 30.2 Å². The van der Waals surface area contributed by atoms with Crippen LogP contribution in [0.25, 0.3) is 22.5 Å². The van der Waals surface area contributed by atoms with E-state index in [1.165, 1.54) is 12.1 Å². The van der Waals surface area contributed by atoms with Gasteiger partial charge < -0.3 is 21.3 Å². The summed E-state index contributed by atoms with van der Waals surface area (Å²) in [4.78, 5) is 4.17. The molecule has 0 aliphatic rings. The summed E-state index contributed by atoms with van der Waals surface area (Å²) in [7, 11) is 3.96. The van der Waals surface area contributed by atoms with Gasteiger partial charge in [-0.1, -0.05) is 23.3 Å². The summed E-state index contributed by atoms with van der Waals surface area (Å²) in [6.45, 7) is 8.05. The van der Waals surface area contributed by atoms with E-state index in [1.807, 2.05) is 40.1 Å². The van der Waals surface area contributed by atoms with Crippen molar-refractivity contribution in [2.45, 2.75) is 26.9 Å². The number of H-pyrrole nitrogens is 2. The fraction of sp³-hybridized carbons (Fsp3) is 0.357. The average Bonchev–Trinajstić information content (AvgIpc) is 3.52. The number of likely N-dealkylation sites (N-methyl/N-ethyl adjacent to an activating group) is 2. The number of aryl methyl sites for hydroxylation is 2. The molecule has 0 unspecified atom stereocenters. The van der Waals surface area contributed by atoms with Crippen LogP contribution in [0.2, 0.25) is 0 Å². The van der Waals surface area contributed by atoms with Crippen molar-refractivity contribution in [3.63, 3.8) is 0 Å². The third-order valence-corrected chi connectivity index (χ3v) is 6.12. The molecule has 0 saturated carbocycles. The van der Waals surface area contributed by atoms with Gasteiger partial charge in [-0.25, -0.2) is 8.78 Å². The lowest BCUT2D eigenvalue weighted by Gasteiger charge is -2.15. The van der Waals surface area contributed by atoms with E-state index in [4.69, 9.17) is 11.5 Å². The Bertz CT molecular complexity index is 1200. The SMILES string of the molecule is Cc1ccc(F)c(-c2[nH]ncc2CN(C)CCN)c1.Cc1ccc(F)c(-c2[nH]ncc2CN(C)CCN)c1. The Morgan fingerprint density at radius 1 is 0.711 bits per heavy atom. The number of benzene rings is 2. The van der Waals surface area contributed by atoms with Crippen molar-refractivity contribution in [3.05, 3.63) is 82.7 Å². The van der Waals surface area contributed by atoms with Gasteiger partial charge in [-0.05, 0) is 52.2 Å². The number of halogens is 2. The maximum absolute atomic E-state index is 13.9. The second-order valence-corrected chi connectivity index (χ2v) is 9.56. The molecule has 0 aliphatic heterocycles. The second-order valence-electron chi connectivity index (χ2n) is 9.56. The van der Waals surface area contributed by atoms with Crippen LogP contribution in [0.4, 0.5) is 8.78 Å². The van der Waals surface area contributed by atoms with Gasteiger partial charge in [0.05, 0.1) is 23.8 Å². The molecule has 0 fully saturated rings. The number of nitrogens with zero attached hydrogens (tertiary/aromatic N) is 4. The van der Waals surface area contributed by atoms with Gasteiger partial charge in [-0.3, -0.25) is 10.2 Å². The zero-order chi connectivity index (χ0) is 27.7. The summed E-state index contributed by atoms with van der Waals surface area (Å²) in [5, 5.41) is 13.8. The molecule has 38 heavy (non-hydrogen) atoms. The largest absolute Gasteiger partial charge is 0.329 e. The van der Waals surface area contributed by atoms with E-state index in [-0.39, 0.29) is 11.6 Å². The number of aromatic amines is 2. The molecule has 204 valence electrons. The lowest BCUT2D eigenvalue weighted by atomic mass is 10.0. The highest BCUT2D eigenvalue weighted by atomic mass is 19.1. The van der Waals surface area contributed by atoms with Gasteiger partial charge in [0.25, 0.3) is 0 Å². The Balaban J connectivity index is 0.000000211. The van der Waals surface area contributed by atoms with E-state index in [0.717, 1.165) is 46.7 Å². The van der Waals surface area contributed by atoms with Crippen LogP contribution in [0.3, 0.4) is 0 Å². The molecule has 0 saturated heterocycles. The molecule has 6 N–H and O–H groups in total. The molecule has 0 radical (unpaired) electrons. The molecule has 0 spiro atoms. The summed E-state index contributed by atoms with van der Waals surface area (Å²) in [6.07, 6.45) is 3.48. The van der Waals surface area contributed by atoms with Crippen LogP contribution in [0.5, 0.6) is 0 Å². The highest BCUT2D eigenvalue weighted by molar-refractivity contribution is 5.65. The minimum absolute atomic E-state index is 0.238. The molecule has 0 amide bonds. The van der Waals surface area contributed by atoms with Crippen molar-refractivity contribution >= 4 is 0 Å². The van der Waals surface area contributed by atoms with Gasteiger partial charge in [0.15, 0.2) is 0 Å². The number of rotatable bonds is 10. The molecule has 8 nitrogen and oxygen atoms in total. The smallest absolute Gasteiger partial charge is 0.132 e. The van der Waals surface area contributed by atoms with Gasteiger partial charge in [-0.2, -0.15) is 10.2 Å². The minimum Gasteiger partial charge on any atom is -0.329 e. The minimum atomic E-state index is -0.238. The first kappa shape index (κ1) is 29.1. The number of nitrogens with one attached hydrogen (secondary N) is 2.